The first-order chi connectivity index (χ1) is 25.6. The largest absolute Gasteiger partial charge is 0.453 e. The van der Waals surface area contributed by atoms with E-state index >= 15 is 4.39 Å². The number of H-pyrrole nitrogens is 2. The quantitative estimate of drug-likeness (QED) is 0.192. The van der Waals surface area contributed by atoms with E-state index in [0.29, 0.717) is 36.6 Å². The van der Waals surface area contributed by atoms with Crippen molar-refractivity contribution in [3.8, 4) is 33.6 Å². The molecule has 3 aliphatic rings. The van der Waals surface area contributed by atoms with Gasteiger partial charge in [0.1, 0.15) is 29.5 Å². The highest BCUT2D eigenvalue weighted by molar-refractivity contribution is 5.86. The van der Waals surface area contributed by atoms with Crippen molar-refractivity contribution >= 4 is 24.0 Å². The highest BCUT2D eigenvalue weighted by Gasteiger charge is 2.37. The van der Waals surface area contributed by atoms with E-state index in [1.807, 2.05) is 18.2 Å². The number of likely N-dealkylation sites (tertiary alicyclic amines) is 2. The van der Waals surface area contributed by atoms with Gasteiger partial charge in [-0.3, -0.25) is 9.59 Å². The number of carbonyl (C=O) groups excluding carboxylic acids is 4. The first-order valence-corrected chi connectivity index (χ1v) is 17.9. The number of aryl methyl sites for hydroxylation is 2. The molecule has 53 heavy (non-hydrogen) atoms. The van der Waals surface area contributed by atoms with Gasteiger partial charge in [0.25, 0.3) is 0 Å². The van der Waals surface area contributed by atoms with Crippen LogP contribution in [0.5, 0.6) is 0 Å². The molecule has 2 saturated heterocycles. The Morgan fingerprint density at radius 1 is 0.811 bits per heavy atom. The molecule has 4 aromatic rings. The number of aromatic amines is 2. The lowest BCUT2D eigenvalue weighted by Crippen LogP contribution is -2.46. The van der Waals surface area contributed by atoms with Gasteiger partial charge in [-0.1, -0.05) is 24.3 Å². The summed E-state index contributed by atoms with van der Waals surface area (Å²) in [6.07, 6.45) is 4.86. The maximum atomic E-state index is 15.7. The van der Waals surface area contributed by atoms with Crippen LogP contribution in [0.2, 0.25) is 0 Å². The van der Waals surface area contributed by atoms with Crippen LogP contribution in [0.1, 0.15) is 74.5 Å². The Labute approximate surface area is 305 Å². The van der Waals surface area contributed by atoms with Crippen molar-refractivity contribution in [2.45, 2.75) is 76.5 Å². The van der Waals surface area contributed by atoms with Crippen LogP contribution in [0.15, 0.2) is 42.6 Å². The normalized spacial score (nSPS) is 18.9. The molecule has 4 heterocycles. The van der Waals surface area contributed by atoms with Crippen LogP contribution in [0.3, 0.4) is 0 Å². The summed E-state index contributed by atoms with van der Waals surface area (Å²) in [5, 5.41) is 5.08. The molecule has 278 valence electrons. The van der Waals surface area contributed by atoms with E-state index in [4.69, 9.17) is 4.98 Å². The number of rotatable bonds is 8. The SMILES string of the molecule is COC(=O)NC(C)C(=O)N1CCC[C@H]1c1nc2c([nH]1)CCc1cc(-c3ccc(-c4cnc([C@@H]5CCCN5C(=O)[C@H](C)NC(=O)OC)[nH]4)c(F)c3)ccc1-2. The van der Waals surface area contributed by atoms with Gasteiger partial charge < -0.3 is 39.9 Å². The molecule has 2 aliphatic heterocycles. The van der Waals surface area contributed by atoms with Crippen molar-refractivity contribution in [3.63, 3.8) is 0 Å². The van der Waals surface area contributed by atoms with Crippen molar-refractivity contribution in [2.75, 3.05) is 27.3 Å². The summed E-state index contributed by atoms with van der Waals surface area (Å²) in [7, 11) is 2.51. The molecule has 2 fully saturated rings. The standard InChI is InChI=1S/C38H43FN8O6/c1-20(41-37(50)52-3)35(48)46-15-5-7-30(46)33-40-19-29(44-33)26-13-10-23(18-27(26)39)22-9-12-25-24(17-22)11-14-28-32(25)45-34(43-28)31-8-6-16-47(31)36(49)21(2)42-38(51)53-4/h9-10,12-13,17-21,30-31H,5-8,11,14-16H2,1-4H3,(H,40,44)(H,41,50)(H,42,51)(H,43,45)/t20-,21?,30-,31-/m0/s1. The minimum absolute atomic E-state index is 0.183. The first kappa shape index (κ1) is 35.7. The lowest BCUT2D eigenvalue weighted by molar-refractivity contribution is -0.134. The van der Waals surface area contributed by atoms with Gasteiger partial charge in [0.15, 0.2) is 0 Å². The molecule has 4 amide bonds. The molecule has 0 bridgehead atoms. The van der Waals surface area contributed by atoms with Crippen LogP contribution in [0, 0.1) is 5.82 Å². The van der Waals surface area contributed by atoms with E-state index < -0.39 is 30.1 Å². The predicted molar refractivity (Wildman–Crippen MR) is 192 cm³/mol. The summed E-state index contributed by atoms with van der Waals surface area (Å²) < 4.78 is 25.0. The maximum Gasteiger partial charge on any atom is 0.407 e. The number of hydrogen-bond acceptors (Lipinski definition) is 8. The van der Waals surface area contributed by atoms with Crippen molar-refractivity contribution in [1.29, 1.82) is 0 Å². The van der Waals surface area contributed by atoms with Crippen molar-refractivity contribution < 1.29 is 33.0 Å². The fourth-order valence-electron chi connectivity index (χ4n) is 7.74. The second-order valence-corrected chi connectivity index (χ2v) is 13.8. The highest BCUT2D eigenvalue weighted by Crippen LogP contribution is 2.39. The average molecular weight is 727 g/mol. The van der Waals surface area contributed by atoms with E-state index in [9.17, 15) is 19.2 Å². The number of amides is 4. The summed E-state index contributed by atoms with van der Waals surface area (Å²) in [4.78, 5) is 69.4. The Hall–Kier alpha value is -5.73. The molecule has 7 rings (SSSR count). The van der Waals surface area contributed by atoms with Crippen LogP contribution < -0.4 is 10.6 Å². The summed E-state index contributed by atoms with van der Waals surface area (Å²) in [6.45, 7) is 4.36. The van der Waals surface area contributed by atoms with E-state index in [2.05, 4.69) is 41.1 Å². The molecular formula is C38H43FN8O6. The Balaban J connectivity index is 1.06. The summed E-state index contributed by atoms with van der Waals surface area (Å²) in [6, 6.07) is 9.19. The minimum atomic E-state index is -0.766. The number of alkyl carbamates (subject to hydrolysis) is 2. The molecule has 2 aromatic carbocycles. The molecule has 4 atom stereocenters. The van der Waals surface area contributed by atoms with Crippen LogP contribution in [-0.4, -0.2) is 93.1 Å². The van der Waals surface area contributed by atoms with Gasteiger partial charge in [-0.2, -0.15) is 0 Å². The smallest absolute Gasteiger partial charge is 0.407 e. The summed E-state index contributed by atoms with van der Waals surface area (Å²) in [5.41, 5.74) is 6.49. The fraction of sp³-hybridized carbons (Fsp3) is 0.421. The molecule has 0 spiro atoms. The van der Waals surface area contributed by atoms with Crippen molar-refractivity contribution in [2.24, 2.45) is 0 Å². The summed E-state index contributed by atoms with van der Waals surface area (Å²) in [5.74, 6) is 0.468. The number of benzene rings is 2. The number of nitrogens with one attached hydrogen (secondary N) is 4. The van der Waals surface area contributed by atoms with Gasteiger partial charge in [-0.15, -0.1) is 0 Å². The number of nitrogens with zero attached hydrogens (tertiary/aromatic N) is 4. The van der Waals surface area contributed by atoms with Crippen LogP contribution in [-0.2, 0) is 31.9 Å². The van der Waals surface area contributed by atoms with Crippen molar-refractivity contribution in [3.05, 3.63) is 71.3 Å². The third kappa shape index (κ3) is 6.94. The Bertz CT molecular complexity index is 2060. The van der Waals surface area contributed by atoms with Gasteiger partial charge in [-0.25, -0.2) is 23.9 Å². The third-order valence-corrected chi connectivity index (χ3v) is 10.5. The minimum Gasteiger partial charge on any atom is -0.453 e. The Morgan fingerprint density at radius 3 is 2.00 bits per heavy atom. The number of aromatic nitrogens is 4. The molecule has 2 aromatic heterocycles. The number of hydrogen-bond donors (Lipinski definition) is 4. The van der Waals surface area contributed by atoms with Gasteiger partial charge >= 0.3 is 12.2 Å². The number of ether oxygens (including phenoxy) is 2. The summed E-state index contributed by atoms with van der Waals surface area (Å²) >= 11 is 0. The predicted octanol–water partition coefficient (Wildman–Crippen LogP) is 5.19. The lowest BCUT2D eigenvalue weighted by Gasteiger charge is -2.26. The second kappa shape index (κ2) is 14.7. The monoisotopic (exact) mass is 726 g/mol. The maximum absolute atomic E-state index is 15.7. The van der Waals surface area contributed by atoms with E-state index in [1.165, 1.54) is 20.3 Å². The fourth-order valence-corrected chi connectivity index (χ4v) is 7.74. The molecule has 15 heteroatoms. The molecular weight excluding hydrogens is 683 g/mol. The topological polar surface area (TPSA) is 175 Å². The average Bonchev–Trinajstić information content (AvgIpc) is 3.99. The number of carbonyl (C=O) groups is 4. The first-order valence-electron chi connectivity index (χ1n) is 17.9. The van der Waals surface area contributed by atoms with Crippen molar-refractivity contribution in [1.82, 2.24) is 40.4 Å². The zero-order valence-electron chi connectivity index (χ0n) is 30.1. The van der Waals surface area contributed by atoms with Crippen LogP contribution in [0.4, 0.5) is 14.0 Å². The van der Waals surface area contributed by atoms with E-state index in [1.54, 1.807) is 35.9 Å². The van der Waals surface area contributed by atoms with Gasteiger partial charge in [0, 0.05) is 29.9 Å². The number of halogens is 1. The molecule has 1 unspecified atom stereocenters. The van der Waals surface area contributed by atoms with Gasteiger partial charge in [0.2, 0.25) is 11.8 Å². The van der Waals surface area contributed by atoms with E-state index in [-0.39, 0.29) is 23.9 Å². The van der Waals surface area contributed by atoms with Crippen LogP contribution >= 0.6 is 0 Å². The molecule has 4 N–H and O–H groups in total. The lowest BCUT2D eigenvalue weighted by atomic mass is 9.89. The zero-order chi connectivity index (χ0) is 37.4. The molecule has 0 saturated carbocycles. The molecule has 14 nitrogen and oxygen atoms in total. The second-order valence-electron chi connectivity index (χ2n) is 13.8. The highest BCUT2D eigenvalue weighted by atomic mass is 19.1. The number of fused-ring (bicyclic) bond motifs is 3. The number of methoxy groups -OCH3 is 2. The van der Waals surface area contributed by atoms with Gasteiger partial charge in [-0.05, 0) is 81.2 Å². The zero-order valence-corrected chi connectivity index (χ0v) is 30.1. The van der Waals surface area contributed by atoms with Crippen LogP contribution in [0.25, 0.3) is 33.6 Å². The molecule has 1 aliphatic carbocycles. The van der Waals surface area contributed by atoms with Gasteiger partial charge in [0.05, 0.1) is 43.9 Å². The Morgan fingerprint density at radius 2 is 1.40 bits per heavy atom. The third-order valence-electron chi connectivity index (χ3n) is 10.5. The Kier molecular flexibility index (Phi) is 9.90. The molecule has 0 radical (unpaired) electrons. The number of imidazole rings is 2. The van der Waals surface area contributed by atoms with E-state index in [0.717, 1.165) is 71.6 Å².